The molecule has 2 amide bonds. The van der Waals surface area contributed by atoms with E-state index in [4.69, 9.17) is 16.3 Å². The number of hydrogen-bond acceptors (Lipinski definition) is 6. The first kappa shape index (κ1) is 22.5. The normalized spacial score (nSPS) is 16.1. The van der Waals surface area contributed by atoms with E-state index in [0.29, 0.717) is 30.7 Å². The molecule has 4 rings (SSSR count). The maximum Gasteiger partial charge on any atom is 0.264 e. The summed E-state index contributed by atoms with van der Waals surface area (Å²) in [5.74, 6) is 0.268. The molecule has 0 bridgehead atoms. The number of fused-ring (bicyclic) bond motifs is 2. The van der Waals surface area contributed by atoms with Gasteiger partial charge >= 0.3 is 0 Å². The number of amides is 2. The lowest BCUT2D eigenvalue weighted by Gasteiger charge is -2.34. The van der Waals surface area contributed by atoms with Crippen molar-refractivity contribution < 1.29 is 19.4 Å². The Labute approximate surface area is 190 Å². The highest BCUT2D eigenvalue weighted by Gasteiger charge is 2.25. The number of aromatic nitrogens is 2. The summed E-state index contributed by atoms with van der Waals surface area (Å²) in [6, 6.07) is 3.47. The molecule has 2 aromatic rings. The molecule has 172 valence electrons. The highest BCUT2D eigenvalue weighted by molar-refractivity contribution is 6.36. The van der Waals surface area contributed by atoms with Crippen molar-refractivity contribution in [3.05, 3.63) is 27.5 Å². The summed E-state index contributed by atoms with van der Waals surface area (Å²) in [5, 5.41) is 12.3. The lowest BCUT2D eigenvalue weighted by Crippen LogP contribution is -2.43. The smallest absolute Gasteiger partial charge is 0.264 e. The third-order valence-corrected chi connectivity index (χ3v) is 6.42. The molecular formula is C22H27ClN4O5. The minimum absolute atomic E-state index is 0.0225. The van der Waals surface area contributed by atoms with E-state index in [1.54, 1.807) is 12.1 Å². The van der Waals surface area contributed by atoms with Gasteiger partial charge in [-0.25, -0.2) is 4.98 Å². The van der Waals surface area contributed by atoms with E-state index in [0.717, 1.165) is 25.7 Å². The molecule has 0 atom stereocenters. The van der Waals surface area contributed by atoms with E-state index in [2.05, 4.69) is 10.3 Å². The van der Waals surface area contributed by atoms with Crippen molar-refractivity contribution in [3.63, 3.8) is 0 Å². The van der Waals surface area contributed by atoms with Gasteiger partial charge in [0.1, 0.15) is 12.3 Å². The second kappa shape index (κ2) is 9.87. The predicted octanol–water partition coefficient (Wildman–Crippen LogP) is 2.31. The molecule has 1 aromatic heterocycles. The Balaban J connectivity index is 1.39. The summed E-state index contributed by atoms with van der Waals surface area (Å²) in [6.07, 6.45) is 6.21. The van der Waals surface area contributed by atoms with Gasteiger partial charge in [0.2, 0.25) is 17.8 Å². The fourth-order valence-electron chi connectivity index (χ4n) is 4.47. The molecule has 0 unspecified atom stereocenters. The van der Waals surface area contributed by atoms with Crippen molar-refractivity contribution in [1.82, 2.24) is 14.5 Å². The van der Waals surface area contributed by atoms with E-state index in [1.165, 1.54) is 11.0 Å². The summed E-state index contributed by atoms with van der Waals surface area (Å²) in [5.41, 5.74) is -0.0239. The molecule has 1 aliphatic carbocycles. The first-order valence-electron chi connectivity index (χ1n) is 11.1. The van der Waals surface area contributed by atoms with Crippen LogP contribution in [-0.4, -0.2) is 57.2 Å². The number of halogens is 1. The summed E-state index contributed by atoms with van der Waals surface area (Å²) in [7, 11) is 0. The number of aliphatic hydroxyl groups excluding tert-OH is 1. The quantitative estimate of drug-likeness (QED) is 0.582. The Morgan fingerprint density at radius 2 is 2.06 bits per heavy atom. The van der Waals surface area contributed by atoms with Gasteiger partial charge in [0.25, 0.3) is 5.56 Å². The van der Waals surface area contributed by atoms with Crippen LogP contribution < -0.4 is 15.6 Å². The highest BCUT2D eigenvalue weighted by atomic mass is 35.5. The summed E-state index contributed by atoms with van der Waals surface area (Å²) < 4.78 is 7.02. The Kier molecular flexibility index (Phi) is 6.95. The Morgan fingerprint density at radius 3 is 2.81 bits per heavy atom. The van der Waals surface area contributed by atoms with Crippen molar-refractivity contribution >= 4 is 40.3 Å². The van der Waals surface area contributed by atoms with Crippen LogP contribution in [0.25, 0.3) is 10.9 Å². The molecule has 10 heteroatoms. The van der Waals surface area contributed by atoms with Crippen molar-refractivity contribution in [1.29, 1.82) is 0 Å². The standard InChI is InChI=1S/C22H27ClN4O5/c23-20-16(9-8-15-19(20)21(31)27-13-17(29)25-22(27)24-15)32-12-4-7-18(30)26(10-11-28)14-5-2-1-3-6-14/h8-9,14,28H,1-7,10-13H2,(H,24,25,29). The van der Waals surface area contributed by atoms with Gasteiger partial charge in [-0.15, -0.1) is 0 Å². The number of carbonyl (C=O) groups excluding carboxylic acids is 2. The molecule has 0 spiro atoms. The van der Waals surface area contributed by atoms with Crippen molar-refractivity contribution in [2.75, 3.05) is 25.1 Å². The zero-order valence-electron chi connectivity index (χ0n) is 17.8. The van der Waals surface area contributed by atoms with Gasteiger partial charge in [-0.05, 0) is 31.4 Å². The van der Waals surface area contributed by atoms with Crippen LogP contribution in [0.4, 0.5) is 5.95 Å². The number of ether oxygens (including phenoxy) is 1. The fraction of sp³-hybridized carbons (Fsp3) is 0.545. The molecule has 0 saturated heterocycles. The SMILES string of the molecule is O=C1Cn2c(nc3ccc(OCCCC(=O)N(CCO)C4CCCCC4)c(Cl)c3c2=O)N1. The van der Waals surface area contributed by atoms with Crippen LogP contribution in [0.1, 0.15) is 44.9 Å². The molecule has 2 heterocycles. The summed E-state index contributed by atoms with van der Waals surface area (Å²) in [4.78, 5) is 43.2. The van der Waals surface area contributed by atoms with Crippen LogP contribution >= 0.6 is 11.6 Å². The molecule has 1 aliphatic heterocycles. The number of hydrogen-bond donors (Lipinski definition) is 2. The molecule has 1 aromatic carbocycles. The van der Waals surface area contributed by atoms with Crippen molar-refractivity contribution in [3.8, 4) is 5.75 Å². The summed E-state index contributed by atoms with van der Waals surface area (Å²) >= 11 is 6.43. The van der Waals surface area contributed by atoms with Gasteiger partial charge in [0, 0.05) is 19.0 Å². The van der Waals surface area contributed by atoms with E-state index in [9.17, 15) is 19.5 Å². The van der Waals surface area contributed by atoms with Crippen LogP contribution in [0.3, 0.4) is 0 Å². The second-order valence-electron chi connectivity index (χ2n) is 8.20. The minimum Gasteiger partial charge on any atom is -0.492 e. The average Bonchev–Trinajstić information content (AvgIpc) is 3.17. The Hall–Kier alpha value is -2.65. The first-order valence-corrected chi connectivity index (χ1v) is 11.4. The molecule has 2 N–H and O–H groups in total. The second-order valence-corrected chi connectivity index (χ2v) is 8.58. The van der Waals surface area contributed by atoms with E-state index in [1.807, 2.05) is 4.90 Å². The van der Waals surface area contributed by atoms with Crippen LogP contribution in [0, 0.1) is 0 Å². The predicted molar refractivity (Wildman–Crippen MR) is 120 cm³/mol. The maximum atomic E-state index is 12.8. The number of carbonyl (C=O) groups is 2. The van der Waals surface area contributed by atoms with Gasteiger partial charge in [0.05, 0.1) is 29.1 Å². The van der Waals surface area contributed by atoms with Crippen molar-refractivity contribution in [2.24, 2.45) is 0 Å². The van der Waals surface area contributed by atoms with Crippen molar-refractivity contribution in [2.45, 2.75) is 57.5 Å². The Bertz CT molecular complexity index is 1080. The molecule has 1 fully saturated rings. The van der Waals surface area contributed by atoms with Crippen LogP contribution in [0.2, 0.25) is 5.02 Å². The molecule has 32 heavy (non-hydrogen) atoms. The molecular weight excluding hydrogens is 436 g/mol. The lowest BCUT2D eigenvalue weighted by atomic mass is 9.94. The fourth-order valence-corrected chi connectivity index (χ4v) is 4.77. The number of nitrogens with one attached hydrogen (secondary N) is 1. The van der Waals surface area contributed by atoms with E-state index >= 15 is 0 Å². The monoisotopic (exact) mass is 462 g/mol. The van der Waals surface area contributed by atoms with Gasteiger partial charge in [-0.3, -0.25) is 24.3 Å². The van der Waals surface area contributed by atoms with Gasteiger partial charge in [-0.1, -0.05) is 30.9 Å². The molecule has 0 radical (unpaired) electrons. The molecule has 1 saturated carbocycles. The zero-order chi connectivity index (χ0) is 22.7. The number of aliphatic hydroxyl groups is 1. The Morgan fingerprint density at radius 1 is 1.28 bits per heavy atom. The van der Waals surface area contributed by atoms with Gasteiger partial charge < -0.3 is 14.7 Å². The molecule has 9 nitrogen and oxygen atoms in total. The van der Waals surface area contributed by atoms with Crippen LogP contribution in [0.5, 0.6) is 5.75 Å². The number of rotatable bonds is 8. The van der Waals surface area contributed by atoms with E-state index in [-0.39, 0.29) is 54.0 Å². The minimum atomic E-state index is -0.402. The largest absolute Gasteiger partial charge is 0.492 e. The first-order chi connectivity index (χ1) is 15.5. The topological polar surface area (TPSA) is 114 Å². The van der Waals surface area contributed by atoms with Gasteiger partial charge in [0.15, 0.2) is 0 Å². The lowest BCUT2D eigenvalue weighted by molar-refractivity contribution is -0.135. The molecule has 2 aliphatic rings. The number of anilines is 1. The van der Waals surface area contributed by atoms with Gasteiger partial charge in [-0.2, -0.15) is 0 Å². The third kappa shape index (κ3) is 4.59. The van der Waals surface area contributed by atoms with Crippen LogP contribution in [-0.2, 0) is 16.1 Å². The maximum absolute atomic E-state index is 12.8. The number of benzene rings is 1. The highest BCUT2D eigenvalue weighted by Crippen LogP contribution is 2.31. The average molecular weight is 463 g/mol. The van der Waals surface area contributed by atoms with E-state index < -0.39 is 5.56 Å². The zero-order valence-corrected chi connectivity index (χ0v) is 18.6. The summed E-state index contributed by atoms with van der Waals surface area (Å²) in [6.45, 7) is 0.486. The van der Waals surface area contributed by atoms with Crippen LogP contribution in [0.15, 0.2) is 16.9 Å². The third-order valence-electron chi connectivity index (χ3n) is 6.05. The number of nitrogens with zero attached hydrogens (tertiary/aromatic N) is 3.